The van der Waals surface area contributed by atoms with Crippen molar-refractivity contribution in [2.24, 2.45) is 5.73 Å². The van der Waals surface area contributed by atoms with Gasteiger partial charge in [-0.05, 0) is 30.3 Å². The molecule has 1 aromatic heterocycles. The minimum atomic E-state index is -0.364. The lowest BCUT2D eigenvalue weighted by molar-refractivity contribution is 0.252. The van der Waals surface area contributed by atoms with Crippen molar-refractivity contribution in [2.45, 2.75) is 6.42 Å². The van der Waals surface area contributed by atoms with Crippen LogP contribution in [0.25, 0.3) is 0 Å². The summed E-state index contributed by atoms with van der Waals surface area (Å²) in [5.74, 6) is 0. The summed E-state index contributed by atoms with van der Waals surface area (Å²) >= 11 is 11.5. The first-order chi connectivity index (χ1) is 10.0. The van der Waals surface area contributed by atoms with E-state index in [1.54, 1.807) is 12.2 Å². The van der Waals surface area contributed by atoms with Crippen LogP contribution in [-0.4, -0.2) is 17.6 Å². The van der Waals surface area contributed by atoms with E-state index in [2.05, 4.69) is 22.2 Å². The average molecular weight is 327 g/mol. The maximum absolute atomic E-state index is 11.7. The van der Waals surface area contributed by atoms with Gasteiger partial charge in [-0.25, -0.2) is 9.78 Å². The fourth-order valence-electron chi connectivity index (χ4n) is 1.45. The number of nitrogens with one attached hydrogen (secondary N) is 2. The number of pyridine rings is 1. The van der Waals surface area contributed by atoms with Gasteiger partial charge in [-0.3, -0.25) is 0 Å². The van der Waals surface area contributed by atoms with Crippen LogP contribution in [0.3, 0.4) is 0 Å². The van der Waals surface area contributed by atoms with Crippen molar-refractivity contribution in [1.82, 2.24) is 10.3 Å². The second-order valence-corrected chi connectivity index (χ2v) is 4.74. The van der Waals surface area contributed by atoms with E-state index in [0.717, 1.165) is 5.57 Å². The van der Waals surface area contributed by atoms with E-state index in [1.165, 1.54) is 18.3 Å². The van der Waals surface area contributed by atoms with Crippen LogP contribution in [0.4, 0.5) is 10.5 Å². The normalized spacial score (nSPS) is 11.4. The van der Waals surface area contributed by atoms with Gasteiger partial charge in [-0.2, -0.15) is 0 Å². The molecule has 21 heavy (non-hydrogen) atoms. The summed E-state index contributed by atoms with van der Waals surface area (Å²) in [5, 5.41) is 5.73. The van der Waals surface area contributed by atoms with Gasteiger partial charge in [0.1, 0.15) is 10.3 Å². The number of hydrogen-bond acceptors (Lipinski definition) is 3. The molecule has 7 heteroatoms. The molecule has 0 bridgehead atoms. The van der Waals surface area contributed by atoms with Crippen LogP contribution in [0.15, 0.2) is 48.7 Å². The van der Waals surface area contributed by atoms with Gasteiger partial charge >= 0.3 is 6.03 Å². The fourth-order valence-corrected chi connectivity index (χ4v) is 1.91. The molecule has 5 nitrogen and oxygen atoms in total. The molecule has 0 atom stereocenters. The topological polar surface area (TPSA) is 80.0 Å². The number of carbonyl (C=O) groups is 1. The smallest absolute Gasteiger partial charge is 0.319 e. The van der Waals surface area contributed by atoms with E-state index in [4.69, 9.17) is 28.9 Å². The Labute approximate surface area is 133 Å². The van der Waals surface area contributed by atoms with Crippen molar-refractivity contribution in [3.63, 3.8) is 0 Å². The Kier molecular flexibility index (Phi) is 7.36. The van der Waals surface area contributed by atoms with Crippen LogP contribution in [-0.2, 0) is 0 Å². The van der Waals surface area contributed by atoms with E-state index >= 15 is 0 Å². The number of halogens is 2. The Balaban J connectivity index is 2.44. The van der Waals surface area contributed by atoms with Gasteiger partial charge in [0.2, 0.25) is 0 Å². The predicted molar refractivity (Wildman–Crippen MR) is 87.5 cm³/mol. The number of allylic oxidation sites excluding steroid dienone is 3. The standard InChI is InChI=1S/C14H16Cl2N4O/c1-2-3-4-10(9-17)5-6-18-14(21)19-11-7-12(15)20-13(16)8-11/h2-4,7-9H,1,5-6,17H2,(H2,18,19,20,21)/b4-3-,10-9+. The summed E-state index contributed by atoms with van der Waals surface area (Å²) in [6.07, 6.45) is 7.35. The number of amides is 2. The minimum Gasteiger partial charge on any atom is -0.404 e. The van der Waals surface area contributed by atoms with Crippen LogP contribution >= 0.6 is 23.2 Å². The van der Waals surface area contributed by atoms with Crippen LogP contribution in [0.1, 0.15) is 6.42 Å². The number of nitrogens with zero attached hydrogens (tertiary/aromatic N) is 1. The molecular formula is C14H16Cl2N4O. The lowest BCUT2D eigenvalue weighted by Gasteiger charge is -2.08. The quantitative estimate of drug-likeness (QED) is 0.553. The van der Waals surface area contributed by atoms with Gasteiger partial charge in [-0.15, -0.1) is 0 Å². The van der Waals surface area contributed by atoms with E-state index in [0.29, 0.717) is 18.7 Å². The zero-order chi connectivity index (χ0) is 15.7. The highest BCUT2D eigenvalue weighted by molar-refractivity contribution is 6.32. The summed E-state index contributed by atoms with van der Waals surface area (Å²) in [7, 11) is 0. The first kappa shape index (κ1) is 17.1. The predicted octanol–water partition coefficient (Wildman–Crippen LogP) is 3.48. The molecule has 4 N–H and O–H groups in total. The largest absolute Gasteiger partial charge is 0.404 e. The zero-order valence-corrected chi connectivity index (χ0v) is 12.8. The van der Waals surface area contributed by atoms with Crippen molar-refractivity contribution >= 4 is 34.9 Å². The van der Waals surface area contributed by atoms with Gasteiger partial charge in [0.25, 0.3) is 0 Å². The van der Waals surface area contributed by atoms with Crippen molar-refractivity contribution < 1.29 is 4.79 Å². The molecule has 0 aromatic carbocycles. The lowest BCUT2D eigenvalue weighted by Crippen LogP contribution is -2.29. The van der Waals surface area contributed by atoms with Crippen molar-refractivity contribution in [3.05, 3.63) is 59.0 Å². The minimum absolute atomic E-state index is 0.209. The Morgan fingerprint density at radius 3 is 2.62 bits per heavy atom. The molecule has 0 saturated carbocycles. The third-order valence-corrected chi connectivity index (χ3v) is 2.77. The van der Waals surface area contributed by atoms with Crippen LogP contribution in [0, 0.1) is 0 Å². The van der Waals surface area contributed by atoms with Gasteiger partial charge in [-0.1, -0.05) is 48.0 Å². The Hall–Kier alpha value is -1.98. The number of hydrogen-bond donors (Lipinski definition) is 3. The summed E-state index contributed by atoms with van der Waals surface area (Å²) in [4.78, 5) is 15.5. The second-order valence-electron chi connectivity index (χ2n) is 3.97. The molecule has 1 heterocycles. The molecule has 0 spiro atoms. The van der Waals surface area contributed by atoms with Crippen molar-refractivity contribution in [1.29, 1.82) is 0 Å². The van der Waals surface area contributed by atoms with Crippen molar-refractivity contribution in [3.8, 4) is 0 Å². The number of anilines is 1. The molecule has 0 saturated heterocycles. The number of nitrogens with two attached hydrogens (primary N) is 1. The Morgan fingerprint density at radius 2 is 2.05 bits per heavy atom. The highest BCUT2D eigenvalue weighted by Crippen LogP contribution is 2.18. The highest BCUT2D eigenvalue weighted by atomic mass is 35.5. The van der Waals surface area contributed by atoms with Gasteiger partial charge in [0.05, 0.1) is 0 Å². The Morgan fingerprint density at radius 1 is 1.38 bits per heavy atom. The Bertz CT molecular complexity index is 550. The van der Waals surface area contributed by atoms with E-state index in [-0.39, 0.29) is 16.3 Å². The number of aromatic nitrogens is 1. The number of rotatable bonds is 6. The first-order valence-electron chi connectivity index (χ1n) is 6.13. The third kappa shape index (κ3) is 6.83. The number of urea groups is 1. The molecule has 0 aliphatic carbocycles. The van der Waals surface area contributed by atoms with E-state index in [1.807, 2.05) is 6.08 Å². The van der Waals surface area contributed by atoms with Gasteiger partial charge in [0, 0.05) is 12.2 Å². The molecule has 0 radical (unpaired) electrons. The zero-order valence-electron chi connectivity index (χ0n) is 11.3. The average Bonchev–Trinajstić information content (AvgIpc) is 2.41. The maximum Gasteiger partial charge on any atom is 0.319 e. The molecule has 0 aliphatic rings. The lowest BCUT2D eigenvalue weighted by atomic mass is 10.2. The molecule has 1 rings (SSSR count). The van der Waals surface area contributed by atoms with Gasteiger partial charge in [0.15, 0.2) is 0 Å². The summed E-state index contributed by atoms with van der Waals surface area (Å²) in [5.41, 5.74) is 6.84. The molecule has 0 fully saturated rings. The molecule has 112 valence electrons. The molecular weight excluding hydrogens is 311 g/mol. The highest BCUT2D eigenvalue weighted by Gasteiger charge is 2.04. The fraction of sp³-hybridized carbons (Fsp3) is 0.143. The SMILES string of the molecule is C=C/C=C\C(=C/N)CCNC(=O)Nc1cc(Cl)nc(Cl)c1. The van der Waals surface area contributed by atoms with E-state index in [9.17, 15) is 4.79 Å². The maximum atomic E-state index is 11.7. The van der Waals surface area contributed by atoms with Crippen molar-refractivity contribution in [2.75, 3.05) is 11.9 Å². The molecule has 2 amide bonds. The second kappa shape index (κ2) is 9.05. The molecule has 0 unspecified atom stereocenters. The number of carbonyl (C=O) groups excluding carboxylic acids is 1. The summed E-state index contributed by atoms with van der Waals surface area (Å²) < 4.78 is 0. The first-order valence-corrected chi connectivity index (χ1v) is 6.88. The van der Waals surface area contributed by atoms with Crippen LogP contribution < -0.4 is 16.4 Å². The van der Waals surface area contributed by atoms with Gasteiger partial charge < -0.3 is 16.4 Å². The molecule has 1 aromatic rings. The van der Waals surface area contributed by atoms with Crippen LogP contribution in [0.5, 0.6) is 0 Å². The van der Waals surface area contributed by atoms with Crippen LogP contribution in [0.2, 0.25) is 10.3 Å². The monoisotopic (exact) mass is 326 g/mol. The van der Waals surface area contributed by atoms with E-state index < -0.39 is 0 Å². The summed E-state index contributed by atoms with van der Waals surface area (Å²) in [6.45, 7) is 4.01. The molecule has 0 aliphatic heterocycles. The summed E-state index contributed by atoms with van der Waals surface area (Å²) in [6, 6.07) is 2.65. The third-order valence-electron chi connectivity index (χ3n) is 2.38.